The van der Waals surface area contributed by atoms with Crippen LogP contribution in [0.5, 0.6) is 0 Å². The summed E-state index contributed by atoms with van der Waals surface area (Å²) in [5, 5.41) is 13.8. The van der Waals surface area contributed by atoms with Crippen LogP contribution in [-0.4, -0.2) is 33.9 Å². The van der Waals surface area contributed by atoms with Gasteiger partial charge in [-0.25, -0.2) is 4.79 Å². The molecule has 2 aromatic carbocycles. The molecule has 3 rings (SSSR count). The van der Waals surface area contributed by atoms with Crippen molar-refractivity contribution in [3.8, 4) is 0 Å². The Bertz CT molecular complexity index is 896. The zero-order chi connectivity index (χ0) is 18.0. The largest absolute Gasteiger partial charge is 0.389 e. The van der Waals surface area contributed by atoms with Crippen molar-refractivity contribution in [1.82, 2.24) is 14.5 Å². The minimum absolute atomic E-state index is 0.0384. The molecule has 2 atom stereocenters. The number of imidazole rings is 1. The molecule has 1 aromatic heterocycles. The number of nitrogens with zero attached hydrogens (tertiary/aromatic N) is 2. The number of para-hydroxylation sites is 2. The molecular weight excluding hydrogens is 314 g/mol. The van der Waals surface area contributed by atoms with E-state index in [0.29, 0.717) is 6.54 Å². The first-order chi connectivity index (χ1) is 12.1. The molecular formula is C20H25N3O2. The number of rotatable bonds is 6. The summed E-state index contributed by atoms with van der Waals surface area (Å²) in [4.78, 5) is 13.2. The van der Waals surface area contributed by atoms with E-state index in [1.165, 1.54) is 0 Å². The number of aliphatic hydroxyl groups is 1. The van der Waals surface area contributed by atoms with Gasteiger partial charge in [-0.3, -0.25) is 9.13 Å². The molecule has 2 N–H and O–H groups in total. The fraction of sp³-hybridized carbons (Fsp3) is 0.350. The third-order valence-electron chi connectivity index (χ3n) is 4.53. The summed E-state index contributed by atoms with van der Waals surface area (Å²) in [6.07, 6.45) is -0.725. The molecule has 0 fully saturated rings. The maximum absolute atomic E-state index is 13.2. The number of hydrogen-bond acceptors (Lipinski definition) is 3. The first-order valence-electron chi connectivity index (χ1n) is 8.65. The number of benzene rings is 2. The second kappa shape index (κ2) is 7.25. The Labute approximate surface area is 147 Å². The van der Waals surface area contributed by atoms with Crippen LogP contribution < -0.4 is 11.0 Å². The highest BCUT2D eigenvalue weighted by atomic mass is 16.3. The maximum atomic E-state index is 13.2. The van der Waals surface area contributed by atoms with Crippen LogP contribution in [-0.2, 0) is 0 Å². The lowest BCUT2D eigenvalue weighted by Crippen LogP contribution is -2.38. The van der Waals surface area contributed by atoms with Gasteiger partial charge in [0.1, 0.15) is 0 Å². The lowest BCUT2D eigenvalue weighted by molar-refractivity contribution is 0.130. The third-order valence-corrected chi connectivity index (χ3v) is 4.53. The van der Waals surface area contributed by atoms with E-state index in [9.17, 15) is 9.90 Å². The lowest BCUT2D eigenvalue weighted by Gasteiger charge is -2.25. The Morgan fingerprint density at radius 3 is 2.08 bits per heavy atom. The fourth-order valence-corrected chi connectivity index (χ4v) is 3.48. The minimum Gasteiger partial charge on any atom is -0.389 e. The zero-order valence-electron chi connectivity index (χ0n) is 14.9. The van der Waals surface area contributed by atoms with Crippen molar-refractivity contribution in [2.24, 2.45) is 0 Å². The Morgan fingerprint density at radius 2 is 1.52 bits per heavy atom. The van der Waals surface area contributed by atoms with Crippen molar-refractivity contribution in [3.63, 3.8) is 0 Å². The quantitative estimate of drug-likeness (QED) is 0.726. The van der Waals surface area contributed by atoms with E-state index in [4.69, 9.17) is 0 Å². The van der Waals surface area contributed by atoms with Gasteiger partial charge in [0, 0.05) is 12.6 Å². The average molecular weight is 339 g/mol. The van der Waals surface area contributed by atoms with Crippen LogP contribution in [0.25, 0.3) is 11.0 Å². The maximum Gasteiger partial charge on any atom is 0.330 e. The molecule has 132 valence electrons. The molecule has 0 amide bonds. The summed E-state index contributed by atoms with van der Waals surface area (Å²) in [5.41, 5.74) is 2.55. The normalized spacial score (nSPS) is 14.1. The van der Waals surface area contributed by atoms with E-state index in [1.54, 1.807) is 16.2 Å². The molecule has 5 nitrogen and oxygen atoms in total. The van der Waals surface area contributed by atoms with Crippen molar-refractivity contribution < 1.29 is 5.11 Å². The summed E-state index contributed by atoms with van der Waals surface area (Å²) in [6.45, 7) is 4.40. The van der Waals surface area contributed by atoms with Gasteiger partial charge < -0.3 is 10.4 Å². The van der Waals surface area contributed by atoms with Gasteiger partial charge in [-0.15, -0.1) is 0 Å². The van der Waals surface area contributed by atoms with Crippen molar-refractivity contribution in [2.45, 2.75) is 32.0 Å². The lowest BCUT2D eigenvalue weighted by atomic mass is 10.0. The molecule has 3 aromatic rings. The van der Waals surface area contributed by atoms with Crippen LogP contribution in [0.3, 0.4) is 0 Å². The van der Waals surface area contributed by atoms with Gasteiger partial charge in [-0.2, -0.15) is 0 Å². The van der Waals surface area contributed by atoms with Gasteiger partial charge in [-0.1, -0.05) is 42.5 Å². The van der Waals surface area contributed by atoms with Crippen molar-refractivity contribution in [3.05, 3.63) is 70.6 Å². The van der Waals surface area contributed by atoms with E-state index < -0.39 is 12.1 Å². The standard InChI is InChI=1S/C20H25N3O2/c1-14(2)22-16-11-7-8-12-17(16)23(20(22)25)19(18(24)13-21-3)15-9-5-4-6-10-15/h4-12,14,18-19,21,24H,13H2,1-3H3. The van der Waals surface area contributed by atoms with Gasteiger partial charge in [0.05, 0.1) is 23.2 Å². The van der Waals surface area contributed by atoms with Crippen molar-refractivity contribution in [2.75, 3.05) is 13.6 Å². The second-order valence-corrected chi connectivity index (χ2v) is 6.59. The number of aliphatic hydroxyl groups excluding tert-OH is 1. The molecule has 0 aliphatic rings. The Hall–Kier alpha value is -2.37. The van der Waals surface area contributed by atoms with E-state index in [0.717, 1.165) is 16.6 Å². The molecule has 0 spiro atoms. The number of nitrogens with one attached hydrogen (secondary N) is 1. The van der Waals surface area contributed by atoms with Crippen LogP contribution in [0, 0.1) is 0 Å². The predicted molar refractivity (Wildman–Crippen MR) is 101 cm³/mol. The third kappa shape index (κ3) is 3.13. The van der Waals surface area contributed by atoms with Gasteiger partial charge >= 0.3 is 5.69 Å². The first-order valence-corrected chi connectivity index (χ1v) is 8.65. The fourth-order valence-electron chi connectivity index (χ4n) is 3.48. The topological polar surface area (TPSA) is 59.2 Å². The van der Waals surface area contributed by atoms with Crippen molar-refractivity contribution in [1.29, 1.82) is 0 Å². The zero-order valence-corrected chi connectivity index (χ0v) is 14.9. The van der Waals surface area contributed by atoms with Gasteiger partial charge in [-0.05, 0) is 38.6 Å². The Balaban J connectivity index is 2.30. The van der Waals surface area contributed by atoms with E-state index in [1.807, 2.05) is 68.4 Å². The highest BCUT2D eigenvalue weighted by Crippen LogP contribution is 2.27. The van der Waals surface area contributed by atoms with Crippen LogP contribution in [0.15, 0.2) is 59.4 Å². The van der Waals surface area contributed by atoms with E-state index in [-0.39, 0.29) is 11.7 Å². The molecule has 2 unspecified atom stereocenters. The molecule has 0 radical (unpaired) electrons. The smallest absolute Gasteiger partial charge is 0.330 e. The molecule has 0 saturated carbocycles. The highest BCUT2D eigenvalue weighted by Gasteiger charge is 2.28. The average Bonchev–Trinajstić information content (AvgIpc) is 2.89. The summed E-state index contributed by atoms with van der Waals surface area (Å²) >= 11 is 0. The predicted octanol–water partition coefficient (Wildman–Crippen LogP) is 2.55. The van der Waals surface area contributed by atoms with Crippen LogP contribution >= 0.6 is 0 Å². The van der Waals surface area contributed by atoms with Crippen LogP contribution in [0.1, 0.15) is 31.5 Å². The second-order valence-electron chi connectivity index (χ2n) is 6.59. The SMILES string of the molecule is CNCC(O)C(c1ccccc1)n1c(=O)n(C(C)C)c2ccccc21. The van der Waals surface area contributed by atoms with Gasteiger partial charge in [0.25, 0.3) is 0 Å². The minimum atomic E-state index is -0.725. The van der Waals surface area contributed by atoms with E-state index >= 15 is 0 Å². The summed E-state index contributed by atoms with van der Waals surface area (Å²) in [7, 11) is 1.80. The number of aromatic nitrogens is 2. The molecule has 0 bridgehead atoms. The molecule has 5 heteroatoms. The number of likely N-dealkylation sites (N-methyl/N-ethyl adjacent to an activating group) is 1. The summed E-state index contributed by atoms with van der Waals surface area (Å²) < 4.78 is 3.52. The summed E-state index contributed by atoms with van der Waals surface area (Å²) in [5.74, 6) is 0. The molecule has 0 aliphatic heterocycles. The number of hydrogen-bond donors (Lipinski definition) is 2. The first kappa shape index (κ1) is 17.5. The Kier molecular flexibility index (Phi) is 5.06. The van der Waals surface area contributed by atoms with Gasteiger partial charge in [0.15, 0.2) is 0 Å². The van der Waals surface area contributed by atoms with Crippen LogP contribution in [0.4, 0.5) is 0 Å². The van der Waals surface area contributed by atoms with Crippen LogP contribution in [0.2, 0.25) is 0 Å². The molecule has 1 heterocycles. The summed E-state index contributed by atoms with van der Waals surface area (Å²) in [6, 6.07) is 17.1. The van der Waals surface area contributed by atoms with E-state index in [2.05, 4.69) is 5.32 Å². The molecule has 0 aliphatic carbocycles. The van der Waals surface area contributed by atoms with Crippen molar-refractivity contribution >= 4 is 11.0 Å². The number of fused-ring (bicyclic) bond motifs is 1. The highest BCUT2D eigenvalue weighted by molar-refractivity contribution is 5.76. The monoisotopic (exact) mass is 339 g/mol. The Morgan fingerprint density at radius 1 is 0.960 bits per heavy atom. The van der Waals surface area contributed by atoms with Gasteiger partial charge in [0.2, 0.25) is 0 Å². The molecule has 25 heavy (non-hydrogen) atoms. The molecule has 0 saturated heterocycles.